The summed E-state index contributed by atoms with van der Waals surface area (Å²) in [5.74, 6) is 0. The molecule has 0 amide bonds. The van der Waals surface area contributed by atoms with Gasteiger partial charge in [-0.15, -0.1) is 0 Å². The van der Waals surface area contributed by atoms with Gasteiger partial charge in [-0.05, 0) is 47.0 Å². The lowest BCUT2D eigenvalue weighted by Gasteiger charge is -2.25. The number of nitrogens with one attached hydrogen (secondary N) is 1. The fourth-order valence-electron chi connectivity index (χ4n) is 3.72. The summed E-state index contributed by atoms with van der Waals surface area (Å²) in [5.41, 5.74) is 6.65. The zero-order chi connectivity index (χ0) is 22.2. The molecule has 5 nitrogen and oxygen atoms in total. The first-order valence-electron chi connectivity index (χ1n) is 10.8. The molecule has 160 valence electrons. The summed E-state index contributed by atoms with van der Waals surface area (Å²) in [6, 6.07) is 29.1. The van der Waals surface area contributed by atoms with Gasteiger partial charge in [0.25, 0.3) is 0 Å². The maximum atomic E-state index is 9.10. The lowest BCUT2D eigenvalue weighted by atomic mass is 10.0. The van der Waals surface area contributed by atoms with Gasteiger partial charge in [0.1, 0.15) is 0 Å². The van der Waals surface area contributed by atoms with Crippen molar-refractivity contribution in [1.82, 2.24) is 14.9 Å². The molecule has 0 fully saturated rings. The van der Waals surface area contributed by atoms with E-state index in [9.17, 15) is 0 Å². The van der Waals surface area contributed by atoms with Crippen molar-refractivity contribution in [2.45, 2.75) is 13.1 Å². The molecule has 32 heavy (non-hydrogen) atoms. The number of nitriles is 1. The van der Waals surface area contributed by atoms with Crippen molar-refractivity contribution >= 4 is 5.69 Å². The maximum absolute atomic E-state index is 9.10. The average Bonchev–Trinajstić information content (AvgIpc) is 3.26. The van der Waals surface area contributed by atoms with E-state index >= 15 is 0 Å². The van der Waals surface area contributed by atoms with E-state index in [4.69, 9.17) is 5.26 Å². The highest BCUT2D eigenvalue weighted by molar-refractivity contribution is 5.63. The fourth-order valence-corrected chi connectivity index (χ4v) is 3.72. The minimum atomic E-state index is 0.672. The van der Waals surface area contributed by atoms with Crippen LogP contribution < -0.4 is 10.2 Å². The fraction of sp³-hybridized carbons (Fsp3) is 0.185. The van der Waals surface area contributed by atoms with Gasteiger partial charge < -0.3 is 14.8 Å². The van der Waals surface area contributed by atoms with Crippen LogP contribution in [0.3, 0.4) is 0 Å². The van der Waals surface area contributed by atoms with E-state index in [2.05, 4.69) is 69.8 Å². The monoisotopic (exact) mass is 421 g/mol. The van der Waals surface area contributed by atoms with Crippen molar-refractivity contribution in [3.63, 3.8) is 0 Å². The molecule has 1 heterocycles. The Morgan fingerprint density at radius 3 is 2.47 bits per heavy atom. The van der Waals surface area contributed by atoms with Crippen LogP contribution in [0.5, 0.6) is 0 Å². The van der Waals surface area contributed by atoms with Gasteiger partial charge in [-0.25, -0.2) is 4.98 Å². The van der Waals surface area contributed by atoms with Crippen molar-refractivity contribution < 1.29 is 0 Å². The Morgan fingerprint density at radius 1 is 0.969 bits per heavy atom. The molecule has 0 atom stereocenters. The predicted octanol–water partition coefficient (Wildman–Crippen LogP) is 4.76. The molecule has 1 aromatic heterocycles. The Bertz CT molecular complexity index is 1170. The van der Waals surface area contributed by atoms with Crippen LogP contribution in [0.2, 0.25) is 0 Å². The van der Waals surface area contributed by atoms with Crippen molar-refractivity contribution in [2.75, 3.05) is 18.0 Å². The molecule has 4 rings (SSSR count). The molecular weight excluding hydrogens is 394 g/mol. The van der Waals surface area contributed by atoms with Crippen LogP contribution in [0.25, 0.3) is 11.1 Å². The molecule has 0 radical (unpaired) electrons. The number of benzene rings is 3. The second-order valence-corrected chi connectivity index (χ2v) is 7.82. The second kappa shape index (κ2) is 10.4. The SMILES string of the molecule is Cn1cncc1CN(CCNCc1cccc(-c2ccccc2)c1)c1ccc(C#N)cc1. The lowest BCUT2D eigenvalue weighted by molar-refractivity contribution is 0.648. The van der Waals surface area contributed by atoms with E-state index in [1.54, 1.807) is 0 Å². The number of aromatic nitrogens is 2. The number of hydrogen-bond acceptors (Lipinski definition) is 4. The van der Waals surface area contributed by atoms with E-state index in [1.807, 2.05) is 54.5 Å². The topological polar surface area (TPSA) is 56.9 Å². The Balaban J connectivity index is 1.39. The molecule has 5 heteroatoms. The van der Waals surface area contributed by atoms with Gasteiger partial charge in [-0.1, -0.05) is 48.5 Å². The van der Waals surface area contributed by atoms with E-state index in [0.717, 1.165) is 37.6 Å². The molecule has 0 saturated carbocycles. The summed E-state index contributed by atoms with van der Waals surface area (Å²) < 4.78 is 2.04. The van der Waals surface area contributed by atoms with E-state index in [0.29, 0.717) is 5.56 Å². The van der Waals surface area contributed by atoms with Crippen molar-refractivity contribution in [3.05, 3.63) is 108 Å². The first-order valence-corrected chi connectivity index (χ1v) is 10.8. The summed E-state index contributed by atoms with van der Waals surface area (Å²) in [6.07, 6.45) is 3.73. The molecule has 1 N–H and O–H groups in total. The van der Waals surface area contributed by atoms with Gasteiger partial charge >= 0.3 is 0 Å². The standard InChI is InChI=1S/C27H27N5/c1-31-21-30-19-27(31)20-32(26-12-10-22(17-28)11-13-26)15-14-29-18-23-6-5-9-25(16-23)24-7-3-2-4-8-24/h2-13,16,19,21,29H,14-15,18,20H2,1H3. The lowest BCUT2D eigenvalue weighted by Crippen LogP contribution is -2.32. The van der Waals surface area contributed by atoms with Crippen LogP contribution in [0.1, 0.15) is 16.8 Å². The summed E-state index contributed by atoms with van der Waals surface area (Å²) in [4.78, 5) is 6.55. The van der Waals surface area contributed by atoms with Crippen molar-refractivity contribution in [3.8, 4) is 17.2 Å². The van der Waals surface area contributed by atoms with Gasteiger partial charge in [0, 0.05) is 38.6 Å². The minimum absolute atomic E-state index is 0.672. The van der Waals surface area contributed by atoms with E-state index in [1.165, 1.54) is 16.7 Å². The highest BCUT2D eigenvalue weighted by Crippen LogP contribution is 2.20. The zero-order valence-corrected chi connectivity index (χ0v) is 18.3. The number of anilines is 1. The highest BCUT2D eigenvalue weighted by Gasteiger charge is 2.10. The Hall–Kier alpha value is -3.88. The Kier molecular flexibility index (Phi) is 6.96. The van der Waals surface area contributed by atoms with E-state index in [-0.39, 0.29) is 0 Å². The van der Waals surface area contributed by atoms with Crippen LogP contribution in [-0.2, 0) is 20.1 Å². The Morgan fingerprint density at radius 2 is 1.75 bits per heavy atom. The summed E-state index contributed by atoms with van der Waals surface area (Å²) >= 11 is 0. The largest absolute Gasteiger partial charge is 0.364 e. The van der Waals surface area contributed by atoms with Crippen LogP contribution in [0, 0.1) is 11.3 Å². The molecule has 3 aromatic carbocycles. The van der Waals surface area contributed by atoms with Crippen molar-refractivity contribution in [2.24, 2.45) is 7.05 Å². The van der Waals surface area contributed by atoms with E-state index < -0.39 is 0 Å². The number of nitrogens with zero attached hydrogens (tertiary/aromatic N) is 4. The average molecular weight is 422 g/mol. The van der Waals surface area contributed by atoms with Gasteiger partial charge in [-0.3, -0.25) is 0 Å². The van der Waals surface area contributed by atoms with Gasteiger partial charge in [0.05, 0.1) is 30.2 Å². The van der Waals surface area contributed by atoms with Gasteiger partial charge in [-0.2, -0.15) is 5.26 Å². The molecule has 0 unspecified atom stereocenters. The highest BCUT2D eigenvalue weighted by atomic mass is 15.2. The number of imidazole rings is 1. The number of aryl methyl sites for hydroxylation is 1. The molecule has 4 aromatic rings. The third-order valence-corrected chi connectivity index (χ3v) is 5.55. The zero-order valence-electron chi connectivity index (χ0n) is 18.3. The molecule has 0 spiro atoms. The third kappa shape index (κ3) is 5.42. The quantitative estimate of drug-likeness (QED) is 0.396. The minimum Gasteiger partial charge on any atom is -0.364 e. The van der Waals surface area contributed by atoms with Crippen LogP contribution in [-0.4, -0.2) is 22.6 Å². The smallest absolute Gasteiger partial charge is 0.0991 e. The van der Waals surface area contributed by atoms with Gasteiger partial charge in [0.2, 0.25) is 0 Å². The van der Waals surface area contributed by atoms with Crippen molar-refractivity contribution in [1.29, 1.82) is 5.26 Å². The predicted molar refractivity (Wildman–Crippen MR) is 129 cm³/mol. The van der Waals surface area contributed by atoms with Crippen LogP contribution in [0.15, 0.2) is 91.4 Å². The van der Waals surface area contributed by atoms with Crippen LogP contribution in [0.4, 0.5) is 5.69 Å². The molecule has 0 aliphatic carbocycles. The number of hydrogen-bond donors (Lipinski definition) is 1. The molecule has 0 aliphatic rings. The third-order valence-electron chi connectivity index (χ3n) is 5.55. The molecular formula is C27H27N5. The number of rotatable bonds is 9. The normalized spacial score (nSPS) is 10.6. The second-order valence-electron chi connectivity index (χ2n) is 7.82. The summed E-state index contributed by atoms with van der Waals surface area (Å²) in [6.45, 7) is 3.25. The first-order chi connectivity index (χ1) is 15.7. The Labute approximate surface area is 189 Å². The molecule has 0 bridgehead atoms. The molecule has 0 saturated heterocycles. The maximum Gasteiger partial charge on any atom is 0.0991 e. The van der Waals surface area contributed by atoms with Gasteiger partial charge in [0.15, 0.2) is 0 Å². The first kappa shape index (κ1) is 21.4. The summed E-state index contributed by atoms with van der Waals surface area (Å²) in [5, 5.41) is 12.7. The van der Waals surface area contributed by atoms with Crippen LogP contribution >= 0.6 is 0 Å². The summed E-state index contributed by atoms with van der Waals surface area (Å²) in [7, 11) is 2.01. The molecule has 0 aliphatic heterocycles.